The van der Waals surface area contributed by atoms with E-state index < -0.39 is 0 Å². The van der Waals surface area contributed by atoms with E-state index in [2.05, 4.69) is 4.98 Å². The molecular weight excluding hydrogens is 188 g/mol. The fourth-order valence-electron chi connectivity index (χ4n) is 1.62. The number of hydrogen-bond acceptors (Lipinski definition) is 3. The number of hydrogen-bond donors (Lipinski definition) is 1. The van der Waals surface area contributed by atoms with Crippen molar-refractivity contribution in [3.8, 4) is 0 Å². The number of furan rings is 1. The van der Waals surface area contributed by atoms with Gasteiger partial charge in [-0.05, 0) is 36.2 Å². The van der Waals surface area contributed by atoms with Crippen molar-refractivity contribution in [1.29, 1.82) is 0 Å². The first-order chi connectivity index (χ1) is 7.27. The molecule has 3 nitrogen and oxygen atoms in total. The third-order valence-electron chi connectivity index (χ3n) is 2.48. The minimum atomic E-state index is -0.0511. The third kappa shape index (κ3) is 2.25. The van der Waals surface area contributed by atoms with Crippen molar-refractivity contribution in [2.24, 2.45) is 5.73 Å². The zero-order chi connectivity index (χ0) is 10.7. The predicted octanol–water partition coefficient (Wildman–Crippen LogP) is 2.23. The Balaban J connectivity index is 2.15. The average molecular weight is 202 g/mol. The Morgan fingerprint density at radius 3 is 3.00 bits per heavy atom. The lowest BCUT2D eigenvalue weighted by atomic mass is 10.0. The van der Waals surface area contributed by atoms with Gasteiger partial charge in [0.2, 0.25) is 0 Å². The van der Waals surface area contributed by atoms with Gasteiger partial charge in [-0.25, -0.2) is 0 Å². The maximum absolute atomic E-state index is 6.09. The molecule has 0 saturated carbocycles. The highest BCUT2D eigenvalue weighted by Crippen LogP contribution is 2.18. The molecule has 0 saturated heterocycles. The summed E-state index contributed by atoms with van der Waals surface area (Å²) in [4.78, 5) is 4.09. The number of aryl methyl sites for hydroxylation is 1. The van der Waals surface area contributed by atoms with Gasteiger partial charge in [-0.15, -0.1) is 0 Å². The van der Waals surface area contributed by atoms with Gasteiger partial charge in [0.25, 0.3) is 0 Å². The number of nitrogens with two attached hydrogens (primary N) is 1. The molecule has 0 bridgehead atoms. The van der Waals surface area contributed by atoms with Gasteiger partial charge in [0, 0.05) is 24.9 Å². The van der Waals surface area contributed by atoms with Gasteiger partial charge in [-0.3, -0.25) is 4.98 Å². The highest BCUT2D eigenvalue weighted by molar-refractivity contribution is 5.25. The maximum atomic E-state index is 6.09. The second kappa shape index (κ2) is 4.28. The number of pyridine rings is 1. The van der Waals surface area contributed by atoms with Gasteiger partial charge in [0.1, 0.15) is 5.76 Å². The van der Waals surface area contributed by atoms with E-state index in [0.29, 0.717) is 6.42 Å². The van der Waals surface area contributed by atoms with Crippen LogP contribution in [0.2, 0.25) is 0 Å². The van der Waals surface area contributed by atoms with E-state index in [9.17, 15) is 0 Å². The van der Waals surface area contributed by atoms with Crippen LogP contribution in [0.1, 0.15) is 22.9 Å². The monoisotopic (exact) mass is 202 g/mol. The topological polar surface area (TPSA) is 52.0 Å². The van der Waals surface area contributed by atoms with Gasteiger partial charge >= 0.3 is 0 Å². The summed E-state index contributed by atoms with van der Waals surface area (Å²) >= 11 is 0. The van der Waals surface area contributed by atoms with Crippen LogP contribution in [0.4, 0.5) is 0 Å². The summed E-state index contributed by atoms with van der Waals surface area (Å²) < 4.78 is 5.27. The molecule has 0 aliphatic carbocycles. The minimum Gasteiger partial charge on any atom is -0.469 e. The van der Waals surface area contributed by atoms with Crippen LogP contribution < -0.4 is 5.73 Å². The highest BCUT2D eigenvalue weighted by Gasteiger charge is 2.10. The molecule has 0 radical (unpaired) electrons. The molecule has 0 aliphatic heterocycles. The van der Waals surface area contributed by atoms with Crippen LogP contribution in [-0.4, -0.2) is 4.98 Å². The molecule has 1 atom stereocenters. The molecule has 0 fully saturated rings. The van der Waals surface area contributed by atoms with Crippen molar-refractivity contribution in [2.75, 3.05) is 0 Å². The predicted molar refractivity (Wildman–Crippen MR) is 58.3 cm³/mol. The van der Waals surface area contributed by atoms with E-state index in [-0.39, 0.29) is 6.04 Å². The van der Waals surface area contributed by atoms with E-state index in [0.717, 1.165) is 11.3 Å². The van der Waals surface area contributed by atoms with Gasteiger partial charge < -0.3 is 10.2 Å². The molecule has 78 valence electrons. The smallest absolute Gasteiger partial charge is 0.105 e. The lowest BCUT2D eigenvalue weighted by Crippen LogP contribution is -2.14. The second-order valence-corrected chi connectivity index (χ2v) is 3.62. The van der Waals surface area contributed by atoms with Crippen LogP contribution in [0.15, 0.2) is 41.3 Å². The summed E-state index contributed by atoms with van der Waals surface area (Å²) in [5.41, 5.74) is 8.34. The fourth-order valence-corrected chi connectivity index (χ4v) is 1.62. The minimum absolute atomic E-state index is 0.0511. The van der Waals surface area contributed by atoms with E-state index in [4.69, 9.17) is 10.2 Å². The second-order valence-electron chi connectivity index (χ2n) is 3.62. The van der Waals surface area contributed by atoms with Crippen molar-refractivity contribution < 1.29 is 4.42 Å². The number of rotatable bonds is 3. The Morgan fingerprint density at radius 2 is 2.33 bits per heavy atom. The summed E-state index contributed by atoms with van der Waals surface area (Å²) in [7, 11) is 0. The number of aromatic nitrogens is 1. The summed E-state index contributed by atoms with van der Waals surface area (Å²) in [5, 5.41) is 0. The third-order valence-corrected chi connectivity index (χ3v) is 2.48. The fraction of sp³-hybridized carbons (Fsp3) is 0.250. The van der Waals surface area contributed by atoms with E-state index in [1.807, 2.05) is 31.3 Å². The molecular formula is C12H14N2O. The van der Waals surface area contributed by atoms with Crippen molar-refractivity contribution >= 4 is 0 Å². The Morgan fingerprint density at radius 1 is 1.47 bits per heavy atom. The van der Waals surface area contributed by atoms with E-state index in [1.54, 1.807) is 12.5 Å². The van der Waals surface area contributed by atoms with Crippen LogP contribution >= 0.6 is 0 Å². The standard InChI is InChI=1S/C12H14N2O/c1-9-4-5-14-8-11(9)12(13)7-10-3-2-6-15-10/h2-6,8,12H,7,13H2,1H3. The van der Waals surface area contributed by atoms with Gasteiger partial charge in [-0.1, -0.05) is 0 Å². The van der Waals surface area contributed by atoms with Crippen LogP contribution in [0.25, 0.3) is 0 Å². The molecule has 2 rings (SSSR count). The molecule has 2 aromatic heterocycles. The first kappa shape index (κ1) is 9.93. The lowest BCUT2D eigenvalue weighted by molar-refractivity contribution is 0.488. The van der Waals surface area contributed by atoms with Crippen LogP contribution in [0, 0.1) is 6.92 Å². The Kier molecular flexibility index (Phi) is 2.83. The van der Waals surface area contributed by atoms with Crippen LogP contribution in [-0.2, 0) is 6.42 Å². The molecule has 15 heavy (non-hydrogen) atoms. The summed E-state index contributed by atoms with van der Waals surface area (Å²) in [6.07, 6.45) is 5.97. The Hall–Kier alpha value is -1.61. The largest absolute Gasteiger partial charge is 0.469 e. The molecule has 1 unspecified atom stereocenters. The quantitative estimate of drug-likeness (QED) is 0.830. The maximum Gasteiger partial charge on any atom is 0.105 e. The Labute approximate surface area is 88.9 Å². The highest BCUT2D eigenvalue weighted by atomic mass is 16.3. The van der Waals surface area contributed by atoms with Crippen molar-refractivity contribution in [1.82, 2.24) is 4.98 Å². The first-order valence-corrected chi connectivity index (χ1v) is 4.96. The summed E-state index contributed by atoms with van der Waals surface area (Å²) in [6.45, 7) is 2.04. The van der Waals surface area contributed by atoms with E-state index in [1.165, 1.54) is 5.56 Å². The molecule has 0 amide bonds. The summed E-state index contributed by atoms with van der Waals surface area (Å²) in [6, 6.07) is 5.73. The van der Waals surface area contributed by atoms with Gasteiger partial charge in [0.05, 0.1) is 6.26 Å². The van der Waals surface area contributed by atoms with Gasteiger partial charge in [0.15, 0.2) is 0 Å². The van der Waals surface area contributed by atoms with E-state index >= 15 is 0 Å². The zero-order valence-electron chi connectivity index (χ0n) is 8.68. The molecule has 2 heterocycles. The molecule has 0 spiro atoms. The lowest BCUT2D eigenvalue weighted by Gasteiger charge is -2.12. The molecule has 0 aliphatic rings. The first-order valence-electron chi connectivity index (χ1n) is 4.96. The van der Waals surface area contributed by atoms with Crippen molar-refractivity contribution in [3.63, 3.8) is 0 Å². The van der Waals surface area contributed by atoms with Crippen LogP contribution in [0.3, 0.4) is 0 Å². The van der Waals surface area contributed by atoms with Crippen LogP contribution in [0.5, 0.6) is 0 Å². The summed E-state index contributed by atoms with van der Waals surface area (Å²) in [5.74, 6) is 0.908. The van der Waals surface area contributed by atoms with Crippen molar-refractivity contribution in [2.45, 2.75) is 19.4 Å². The molecule has 2 N–H and O–H groups in total. The molecule has 3 heteroatoms. The Bertz CT molecular complexity index is 423. The number of nitrogens with zero attached hydrogens (tertiary/aromatic N) is 1. The van der Waals surface area contributed by atoms with Gasteiger partial charge in [-0.2, -0.15) is 0 Å². The normalized spacial score (nSPS) is 12.7. The SMILES string of the molecule is Cc1ccncc1C(N)Cc1ccco1. The van der Waals surface area contributed by atoms with Crippen molar-refractivity contribution in [3.05, 3.63) is 53.7 Å². The molecule has 0 aromatic carbocycles. The average Bonchev–Trinajstić information content (AvgIpc) is 2.71. The molecule has 2 aromatic rings. The zero-order valence-corrected chi connectivity index (χ0v) is 8.68.